The molecule has 2 heterocycles. The van der Waals surface area contributed by atoms with Crippen molar-refractivity contribution in [2.45, 2.75) is 52.7 Å². The molecule has 0 aromatic heterocycles. The fraction of sp³-hybridized carbons (Fsp3) is 1.00. The predicted octanol–water partition coefficient (Wildman–Crippen LogP) is 1.10. The highest BCUT2D eigenvalue weighted by Gasteiger charge is 2.27. The van der Waals surface area contributed by atoms with E-state index >= 15 is 0 Å². The normalized spacial score (nSPS) is 25.8. The van der Waals surface area contributed by atoms with Gasteiger partial charge in [-0.3, -0.25) is 9.80 Å². The average Bonchev–Trinajstić information content (AvgIpc) is 2.50. The fourth-order valence-corrected chi connectivity index (χ4v) is 3.57. The Bertz CT molecular complexity index is 356. The highest BCUT2D eigenvalue weighted by molar-refractivity contribution is 4.81. The van der Waals surface area contributed by atoms with Crippen molar-refractivity contribution in [3.63, 3.8) is 0 Å². The third-order valence-electron chi connectivity index (χ3n) is 5.71. The zero-order valence-electron chi connectivity index (χ0n) is 16.2. The van der Waals surface area contributed by atoms with Crippen LogP contribution in [0.2, 0.25) is 0 Å². The van der Waals surface area contributed by atoms with E-state index in [1.54, 1.807) is 0 Å². The summed E-state index contributed by atoms with van der Waals surface area (Å²) in [5.41, 5.74) is -0.0563. The van der Waals surface area contributed by atoms with Gasteiger partial charge in [-0.05, 0) is 37.3 Å². The fourth-order valence-electron chi connectivity index (χ4n) is 3.57. The van der Waals surface area contributed by atoms with Crippen LogP contribution in [0.4, 0.5) is 0 Å². The number of nitrogens with zero attached hydrogens (tertiary/aromatic N) is 3. The molecule has 2 aliphatic heterocycles. The first kappa shape index (κ1) is 20.1. The van der Waals surface area contributed by atoms with E-state index in [0.29, 0.717) is 0 Å². The second-order valence-electron chi connectivity index (χ2n) is 9.12. The molecule has 0 saturated carbocycles. The van der Waals surface area contributed by atoms with Crippen molar-refractivity contribution in [2.24, 2.45) is 11.3 Å². The van der Waals surface area contributed by atoms with Crippen LogP contribution in [0.5, 0.6) is 0 Å². The molecule has 2 atom stereocenters. The first-order valence-corrected chi connectivity index (χ1v) is 9.77. The van der Waals surface area contributed by atoms with Crippen molar-refractivity contribution in [1.29, 1.82) is 0 Å². The molecule has 2 fully saturated rings. The lowest BCUT2D eigenvalue weighted by Crippen LogP contribution is -2.52. The zero-order chi connectivity index (χ0) is 17.7. The molecule has 2 saturated heterocycles. The van der Waals surface area contributed by atoms with Gasteiger partial charge in [-0.2, -0.15) is 0 Å². The molecular formula is C19H39N3O2. The minimum atomic E-state index is -0.281. The topological polar surface area (TPSA) is 50.2 Å². The summed E-state index contributed by atoms with van der Waals surface area (Å²) in [5, 5.41) is 20.7. The van der Waals surface area contributed by atoms with Gasteiger partial charge in [0.05, 0.1) is 12.2 Å². The van der Waals surface area contributed by atoms with Crippen LogP contribution in [0.25, 0.3) is 0 Å². The van der Waals surface area contributed by atoms with Crippen molar-refractivity contribution in [3.8, 4) is 0 Å². The molecule has 0 radical (unpaired) electrons. The Morgan fingerprint density at radius 1 is 0.792 bits per heavy atom. The first-order chi connectivity index (χ1) is 11.2. The van der Waals surface area contributed by atoms with E-state index in [1.165, 1.54) is 12.8 Å². The lowest BCUT2D eigenvalue weighted by atomic mass is 9.89. The average molecular weight is 342 g/mol. The lowest BCUT2D eigenvalue weighted by molar-refractivity contribution is 0.00341. The highest BCUT2D eigenvalue weighted by atomic mass is 16.3. The number of likely N-dealkylation sites (tertiary alicyclic amines) is 1. The van der Waals surface area contributed by atoms with Crippen LogP contribution < -0.4 is 0 Å². The number of piperidine rings is 1. The van der Waals surface area contributed by atoms with E-state index < -0.39 is 0 Å². The van der Waals surface area contributed by atoms with E-state index in [9.17, 15) is 10.2 Å². The molecule has 0 bridgehead atoms. The number of aliphatic hydroxyl groups excluding tert-OH is 2. The molecule has 142 valence electrons. The van der Waals surface area contributed by atoms with Gasteiger partial charge in [0.15, 0.2) is 0 Å². The third kappa shape index (κ3) is 6.60. The first-order valence-electron chi connectivity index (χ1n) is 9.77. The molecule has 2 aliphatic rings. The minimum Gasteiger partial charge on any atom is -0.391 e. The van der Waals surface area contributed by atoms with E-state index in [1.807, 2.05) is 0 Å². The van der Waals surface area contributed by atoms with Gasteiger partial charge < -0.3 is 15.1 Å². The Morgan fingerprint density at radius 2 is 1.21 bits per heavy atom. The molecule has 0 spiro atoms. The molecule has 5 heteroatoms. The van der Waals surface area contributed by atoms with Gasteiger partial charge in [0.25, 0.3) is 0 Å². The van der Waals surface area contributed by atoms with Crippen molar-refractivity contribution < 1.29 is 10.2 Å². The summed E-state index contributed by atoms with van der Waals surface area (Å²) in [6.07, 6.45) is 2.00. The summed E-state index contributed by atoms with van der Waals surface area (Å²) in [6, 6.07) is 0. The van der Waals surface area contributed by atoms with E-state index in [2.05, 4.69) is 42.4 Å². The number of β-amino-alcohol motifs (C(OH)–C–C–N with tert-alkyl or cyclic N) is 2. The number of hydrogen-bond acceptors (Lipinski definition) is 5. The Hall–Kier alpha value is -0.200. The van der Waals surface area contributed by atoms with Crippen LogP contribution in [0.15, 0.2) is 0 Å². The molecule has 24 heavy (non-hydrogen) atoms. The molecule has 0 amide bonds. The maximum atomic E-state index is 10.4. The molecule has 2 N–H and O–H groups in total. The molecule has 0 unspecified atom stereocenters. The number of rotatable bonds is 6. The SMILES string of the molecule is CC1CCN(C[C@@H](O)CN2CCN(C[C@H](O)C(C)(C)C)CC2)CC1. The summed E-state index contributed by atoms with van der Waals surface area (Å²) in [5.74, 6) is 0.843. The third-order valence-corrected chi connectivity index (χ3v) is 5.71. The van der Waals surface area contributed by atoms with E-state index in [0.717, 1.165) is 64.8 Å². The standard InChI is InChI=1S/C19H39N3O2/c1-16-5-7-20(8-6-16)13-17(23)14-21-9-11-22(12-10-21)15-18(24)19(2,3)4/h16-18,23-24H,5-15H2,1-4H3/t17-,18+/m1/s1. The van der Waals surface area contributed by atoms with Gasteiger partial charge in [0, 0.05) is 45.8 Å². The number of hydrogen-bond donors (Lipinski definition) is 2. The second kappa shape index (κ2) is 8.95. The van der Waals surface area contributed by atoms with E-state index in [4.69, 9.17) is 0 Å². The van der Waals surface area contributed by atoms with E-state index in [-0.39, 0.29) is 17.6 Å². The van der Waals surface area contributed by atoms with Crippen molar-refractivity contribution >= 4 is 0 Å². The van der Waals surface area contributed by atoms with Crippen LogP contribution in [-0.2, 0) is 0 Å². The van der Waals surface area contributed by atoms with Crippen molar-refractivity contribution in [2.75, 3.05) is 58.9 Å². The van der Waals surface area contributed by atoms with Crippen LogP contribution in [0.3, 0.4) is 0 Å². The van der Waals surface area contributed by atoms with Gasteiger partial charge in [-0.25, -0.2) is 0 Å². The smallest absolute Gasteiger partial charge is 0.0793 e. The lowest BCUT2D eigenvalue weighted by Gasteiger charge is -2.39. The summed E-state index contributed by atoms with van der Waals surface area (Å²) >= 11 is 0. The van der Waals surface area contributed by atoms with Crippen molar-refractivity contribution in [3.05, 3.63) is 0 Å². The molecule has 0 aromatic carbocycles. The summed E-state index contributed by atoms with van der Waals surface area (Å²) in [6.45, 7) is 17.2. The Morgan fingerprint density at radius 3 is 1.67 bits per heavy atom. The number of aliphatic hydroxyl groups is 2. The summed E-state index contributed by atoms with van der Waals surface area (Å²) < 4.78 is 0. The van der Waals surface area contributed by atoms with Gasteiger partial charge in [0.2, 0.25) is 0 Å². The number of piperazine rings is 1. The molecular weight excluding hydrogens is 302 g/mol. The summed E-state index contributed by atoms with van der Waals surface area (Å²) in [4.78, 5) is 7.14. The Kier molecular flexibility index (Phi) is 7.50. The minimum absolute atomic E-state index is 0.0563. The molecule has 0 aromatic rings. The monoisotopic (exact) mass is 341 g/mol. The second-order valence-corrected chi connectivity index (χ2v) is 9.12. The molecule has 5 nitrogen and oxygen atoms in total. The largest absolute Gasteiger partial charge is 0.391 e. The van der Waals surface area contributed by atoms with Crippen LogP contribution >= 0.6 is 0 Å². The van der Waals surface area contributed by atoms with Crippen LogP contribution in [0, 0.1) is 11.3 Å². The molecule has 0 aliphatic carbocycles. The predicted molar refractivity (Wildman–Crippen MR) is 99.2 cm³/mol. The van der Waals surface area contributed by atoms with Crippen LogP contribution in [-0.4, -0.2) is 96.0 Å². The van der Waals surface area contributed by atoms with Crippen LogP contribution in [0.1, 0.15) is 40.5 Å². The van der Waals surface area contributed by atoms with Gasteiger partial charge in [-0.15, -0.1) is 0 Å². The Balaban J connectivity index is 1.63. The maximum Gasteiger partial charge on any atom is 0.0793 e. The maximum absolute atomic E-state index is 10.4. The zero-order valence-corrected chi connectivity index (χ0v) is 16.2. The van der Waals surface area contributed by atoms with Gasteiger partial charge in [-0.1, -0.05) is 27.7 Å². The highest BCUT2D eigenvalue weighted by Crippen LogP contribution is 2.20. The molecule has 2 rings (SSSR count). The van der Waals surface area contributed by atoms with Gasteiger partial charge in [0.1, 0.15) is 0 Å². The summed E-state index contributed by atoms with van der Waals surface area (Å²) in [7, 11) is 0. The quantitative estimate of drug-likeness (QED) is 0.758. The van der Waals surface area contributed by atoms with Gasteiger partial charge >= 0.3 is 0 Å². The Labute approximate surface area is 148 Å². The van der Waals surface area contributed by atoms with Crippen molar-refractivity contribution in [1.82, 2.24) is 14.7 Å².